The average molecular weight is 201 g/mol. The molecule has 0 saturated carbocycles. The third kappa shape index (κ3) is 1.02. The smallest absolute Gasteiger partial charge is 0.181 e. The zero-order valence-electron chi connectivity index (χ0n) is 6.21. The summed E-state index contributed by atoms with van der Waals surface area (Å²) >= 11 is 10.6. The Balaban J connectivity index is 2.96. The molecule has 0 amide bonds. The first-order valence-corrected chi connectivity index (χ1v) is 4.05. The van der Waals surface area contributed by atoms with Crippen molar-refractivity contribution in [3.63, 3.8) is 0 Å². The molecule has 1 N–H and O–H groups in total. The van der Waals surface area contributed by atoms with Gasteiger partial charge in [0.15, 0.2) is 15.6 Å². The van der Waals surface area contributed by atoms with Crippen LogP contribution < -0.4 is 0 Å². The summed E-state index contributed by atoms with van der Waals surface area (Å²) in [4.78, 5) is 2.96. The number of nitrogens with one attached hydrogen (secondary N) is 1. The Hall–Kier alpha value is -0.940. The molecular formula is C6H5ClN4S. The number of aromatic amines is 1. The van der Waals surface area contributed by atoms with Gasteiger partial charge in [-0.1, -0.05) is 11.6 Å². The van der Waals surface area contributed by atoms with E-state index in [4.69, 9.17) is 23.8 Å². The lowest BCUT2D eigenvalue weighted by Crippen LogP contribution is -1.91. The predicted molar refractivity (Wildman–Crippen MR) is 48.7 cm³/mol. The Kier molecular flexibility index (Phi) is 1.62. The Morgan fingerprint density at radius 2 is 2.33 bits per heavy atom. The summed E-state index contributed by atoms with van der Waals surface area (Å²) in [5.41, 5.74) is 1.52. The van der Waals surface area contributed by atoms with Crippen LogP contribution in [0.2, 0.25) is 5.15 Å². The summed E-state index contributed by atoms with van der Waals surface area (Å²) in [7, 11) is 1.82. The van der Waals surface area contributed by atoms with Crippen LogP contribution in [-0.2, 0) is 7.05 Å². The van der Waals surface area contributed by atoms with E-state index in [0.29, 0.717) is 15.6 Å². The second-order valence-corrected chi connectivity index (χ2v) is 3.17. The number of hydrogen-bond donors (Lipinski definition) is 1. The molecule has 0 bridgehead atoms. The second kappa shape index (κ2) is 2.53. The fourth-order valence-corrected chi connectivity index (χ4v) is 1.34. The lowest BCUT2D eigenvalue weighted by Gasteiger charge is -1.90. The highest BCUT2D eigenvalue weighted by molar-refractivity contribution is 7.71. The molecule has 12 heavy (non-hydrogen) atoms. The van der Waals surface area contributed by atoms with Crippen molar-refractivity contribution in [1.29, 1.82) is 0 Å². The number of aromatic nitrogens is 4. The zero-order valence-corrected chi connectivity index (χ0v) is 7.78. The Bertz CT molecular complexity index is 486. The highest BCUT2D eigenvalue weighted by Crippen LogP contribution is 2.12. The summed E-state index contributed by atoms with van der Waals surface area (Å²) < 4.78 is 2.36. The van der Waals surface area contributed by atoms with Gasteiger partial charge in [-0.25, -0.2) is 0 Å². The van der Waals surface area contributed by atoms with Crippen LogP contribution in [0, 0.1) is 4.77 Å². The molecule has 0 radical (unpaired) electrons. The third-order valence-electron chi connectivity index (χ3n) is 1.61. The standard InChI is InChI=1S/C6H5ClN4S/c1-11-5-3(8-6(11)12)2-4(7)9-10-5/h2H,1H3,(H,8,12). The van der Waals surface area contributed by atoms with Crippen LogP contribution in [0.3, 0.4) is 0 Å². The molecule has 2 heterocycles. The lowest BCUT2D eigenvalue weighted by molar-refractivity contribution is 0.892. The molecule has 2 aromatic heterocycles. The Morgan fingerprint density at radius 1 is 1.58 bits per heavy atom. The highest BCUT2D eigenvalue weighted by Gasteiger charge is 2.02. The van der Waals surface area contributed by atoms with E-state index in [9.17, 15) is 0 Å². The van der Waals surface area contributed by atoms with Crippen molar-refractivity contribution in [1.82, 2.24) is 19.7 Å². The van der Waals surface area contributed by atoms with Crippen LogP contribution in [0.15, 0.2) is 6.07 Å². The number of hydrogen-bond acceptors (Lipinski definition) is 3. The van der Waals surface area contributed by atoms with E-state index >= 15 is 0 Å². The number of fused-ring (bicyclic) bond motifs is 1. The first-order chi connectivity index (χ1) is 5.68. The van der Waals surface area contributed by atoms with E-state index in [1.54, 1.807) is 10.6 Å². The molecule has 0 aliphatic heterocycles. The summed E-state index contributed by atoms with van der Waals surface area (Å²) in [6, 6.07) is 1.69. The minimum atomic E-state index is 0.361. The highest BCUT2D eigenvalue weighted by atomic mass is 35.5. The first-order valence-electron chi connectivity index (χ1n) is 3.26. The van der Waals surface area contributed by atoms with Crippen LogP contribution >= 0.6 is 23.8 Å². The zero-order chi connectivity index (χ0) is 8.72. The fourth-order valence-electron chi connectivity index (χ4n) is 0.997. The molecule has 62 valence electrons. The van der Waals surface area contributed by atoms with Crippen molar-refractivity contribution in [2.75, 3.05) is 0 Å². The Morgan fingerprint density at radius 3 is 3.08 bits per heavy atom. The molecule has 0 aliphatic rings. The van der Waals surface area contributed by atoms with Crippen LogP contribution in [0.5, 0.6) is 0 Å². The van der Waals surface area contributed by atoms with Gasteiger partial charge >= 0.3 is 0 Å². The maximum absolute atomic E-state index is 5.64. The van der Waals surface area contributed by atoms with E-state index in [-0.39, 0.29) is 0 Å². The van der Waals surface area contributed by atoms with Crippen molar-refractivity contribution in [3.8, 4) is 0 Å². The number of nitrogens with zero attached hydrogens (tertiary/aromatic N) is 3. The monoisotopic (exact) mass is 200 g/mol. The topological polar surface area (TPSA) is 46.5 Å². The molecule has 2 aromatic rings. The van der Waals surface area contributed by atoms with Crippen molar-refractivity contribution in [2.45, 2.75) is 0 Å². The molecule has 4 nitrogen and oxygen atoms in total. The number of rotatable bonds is 0. The maximum atomic E-state index is 5.64. The van der Waals surface area contributed by atoms with E-state index in [1.165, 1.54) is 0 Å². The van der Waals surface area contributed by atoms with Gasteiger partial charge in [0, 0.05) is 13.1 Å². The molecule has 0 saturated heterocycles. The Labute approximate surface area is 78.2 Å². The van der Waals surface area contributed by atoms with E-state index in [1.807, 2.05) is 7.05 Å². The fraction of sp³-hybridized carbons (Fsp3) is 0.167. The van der Waals surface area contributed by atoms with Gasteiger partial charge in [0.05, 0.1) is 5.52 Å². The van der Waals surface area contributed by atoms with E-state index < -0.39 is 0 Å². The molecule has 2 rings (SSSR count). The number of halogens is 1. The van der Waals surface area contributed by atoms with Gasteiger partial charge in [-0.15, -0.1) is 10.2 Å². The summed E-state index contributed by atoms with van der Waals surface area (Å²) in [6.45, 7) is 0. The van der Waals surface area contributed by atoms with Crippen molar-refractivity contribution in [3.05, 3.63) is 16.0 Å². The number of aryl methyl sites for hydroxylation is 1. The third-order valence-corrected chi connectivity index (χ3v) is 2.17. The largest absolute Gasteiger partial charge is 0.329 e. The molecule has 0 unspecified atom stereocenters. The minimum Gasteiger partial charge on any atom is -0.329 e. The summed E-state index contributed by atoms with van der Waals surface area (Å²) in [5, 5.41) is 7.95. The number of imidazole rings is 1. The van der Waals surface area contributed by atoms with E-state index in [2.05, 4.69) is 15.2 Å². The molecular weight excluding hydrogens is 196 g/mol. The normalized spacial score (nSPS) is 10.8. The van der Waals surface area contributed by atoms with Gasteiger partial charge in [0.1, 0.15) is 0 Å². The van der Waals surface area contributed by atoms with Crippen LogP contribution in [0.4, 0.5) is 0 Å². The summed E-state index contributed by atoms with van der Waals surface area (Å²) in [6.07, 6.45) is 0. The van der Waals surface area contributed by atoms with Gasteiger partial charge in [0.25, 0.3) is 0 Å². The first kappa shape index (κ1) is 7.70. The summed E-state index contributed by atoms with van der Waals surface area (Å²) in [5.74, 6) is 0. The van der Waals surface area contributed by atoms with Crippen LogP contribution in [0.1, 0.15) is 0 Å². The van der Waals surface area contributed by atoms with Gasteiger partial charge in [-0.3, -0.25) is 0 Å². The molecule has 0 fully saturated rings. The van der Waals surface area contributed by atoms with Crippen molar-refractivity contribution in [2.24, 2.45) is 7.05 Å². The average Bonchev–Trinajstić information content (AvgIpc) is 2.28. The SMILES string of the molecule is Cn1c(=S)[nH]c2cc(Cl)nnc21. The molecule has 0 aliphatic carbocycles. The minimum absolute atomic E-state index is 0.361. The molecule has 0 spiro atoms. The molecule has 0 aromatic carbocycles. The number of H-pyrrole nitrogens is 1. The van der Waals surface area contributed by atoms with Gasteiger partial charge in [-0.2, -0.15) is 0 Å². The predicted octanol–water partition coefficient (Wildman–Crippen LogP) is 1.68. The van der Waals surface area contributed by atoms with Crippen LogP contribution in [0.25, 0.3) is 11.2 Å². The second-order valence-electron chi connectivity index (χ2n) is 2.39. The van der Waals surface area contributed by atoms with Crippen LogP contribution in [-0.4, -0.2) is 19.7 Å². The van der Waals surface area contributed by atoms with Crippen molar-refractivity contribution < 1.29 is 0 Å². The molecule has 6 heteroatoms. The lowest BCUT2D eigenvalue weighted by atomic mass is 10.5. The van der Waals surface area contributed by atoms with Gasteiger partial charge in [0.2, 0.25) is 0 Å². The van der Waals surface area contributed by atoms with Gasteiger partial charge in [-0.05, 0) is 12.2 Å². The van der Waals surface area contributed by atoms with Gasteiger partial charge < -0.3 is 9.55 Å². The molecule has 0 atom stereocenters. The van der Waals surface area contributed by atoms with Crippen molar-refractivity contribution >= 4 is 35.0 Å². The quantitative estimate of drug-likeness (QED) is 0.659. The van der Waals surface area contributed by atoms with E-state index in [0.717, 1.165) is 5.52 Å². The maximum Gasteiger partial charge on any atom is 0.181 e.